The van der Waals surface area contributed by atoms with Gasteiger partial charge in [-0.2, -0.15) is 0 Å². The Morgan fingerprint density at radius 3 is 2.62 bits per heavy atom. The molecular weight excluding hydrogens is 293 g/mol. The third kappa shape index (κ3) is 3.88. The molecule has 0 saturated carbocycles. The van der Waals surface area contributed by atoms with Gasteiger partial charge in [0, 0.05) is 10.0 Å². The van der Waals surface area contributed by atoms with Gasteiger partial charge in [-0.25, -0.2) is 4.39 Å². The van der Waals surface area contributed by atoms with E-state index in [2.05, 4.69) is 20.3 Å². The van der Waals surface area contributed by atoms with Gasteiger partial charge in [0.25, 0.3) is 0 Å². The molecule has 0 aliphatic carbocycles. The van der Waals surface area contributed by atoms with Gasteiger partial charge in [0.2, 0.25) is 0 Å². The summed E-state index contributed by atoms with van der Waals surface area (Å²) in [5.74, 6) is -0.341. The average molecular weight is 306 g/mol. The van der Waals surface area contributed by atoms with Crippen molar-refractivity contribution >= 4 is 33.5 Å². The second-order valence-electron chi connectivity index (χ2n) is 4.26. The summed E-state index contributed by atoms with van der Waals surface area (Å²) < 4.78 is 28.8. The molecule has 0 radical (unpaired) electrons. The molecule has 0 bridgehead atoms. The number of rotatable bonds is 2. The van der Waals surface area contributed by atoms with E-state index in [4.69, 9.17) is 0 Å². The first-order chi connectivity index (χ1) is 7.30. The van der Waals surface area contributed by atoms with E-state index in [0.717, 1.165) is 4.47 Å². The molecule has 1 aromatic carbocycles. The maximum absolute atomic E-state index is 12.9. The summed E-state index contributed by atoms with van der Waals surface area (Å²) in [7, 11) is 0. The van der Waals surface area contributed by atoms with Crippen LogP contribution in [-0.2, 0) is 11.4 Å². The summed E-state index contributed by atoms with van der Waals surface area (Å²) in [6.45, 7) is 5.50. The molecule has 0 amide bonds. The zero-order valence-corrected chi connectivity index (χ0v) is 11.7. The first-order valence-electron chi connectivity index (χ1n) is 4.72. The van der Waals surface area contributed by atoms with E-state index >= 15 is 0 Å². The van der Waals surface area contributed by atoms with Crippen molar-refractivity contribution in [2.45, 2.75) is 25.5 Å². The Morgan fingerprint density at radius 1 is 1.44 bits per heavy atom. The van der Waals surface area contributed by atoms with Gasteiger partial charge in [-0.05, 0) is 39.0 Å². The minimum Gasteiger partial charge on any atom is -0.591 e. The van der Waals surface area contributed by atoms with Gasteiger partial charge in [-0.15, -0.1) is 0 Å². The maximum Gasteiger partial charge on any atom is 0.144 e. The second-order valence-corrected chi connectivity index (χ2v) is 7.05. The van der Waals surface area contributed by atoms with Crippen LogP contribution in [0.5, 0.6) is 0 Å². The van der Waals surface area contributed by atoms with Crippen LogP contribution in [0.3, 0.4) is 0 Å². The van der Waals surface area contributed by atoms with Crippen LogP contribution in [0.4, 0.5) is 4.39 Å². The standard InChI is InChI=1S/C11H13BrFNOS/c1-11(2,3)16(15)14-7-8-6-9(13)4-5-10(8)12/h4-7H,1-3H3. The van der Waals surface area contributed by atoms with Gasteiger partial charge < -0.3 is 4.55 Å². The van der Waals surface area contributed by atoms with Crippen molar-refractivity contribution in [3.8, 4) is 0 Å². The molecule has 1 rings (SSSR count). The molecule has 0 aliphatic rings. The van der Waals surface area contributed by atoms with E-state index in [-0.39, 0.29) is 5.82 Å². The zero-order valence-electron chi connectivity index (χ0n) is 9.33. The molecule has 16 heavy (non-hydrogen) atoms. The van der Waals surface area contributed by atoms with Crippen LogP contribution in [0.1, 0.15) is 26.3 Å². The Kier molecular flexibility index (Phi) is 4.52. The number of benzene rings is 1. The van der Waals surface area contributed by atoms with E-state index in [1.54, 1.807) is 6.07 Å². The average Bonchev–Trinajstić information content (AvgIpc) is 2.17. The largest absolute Gasteiger partial charge is 0.591 e. The molecule has 2 nitrogen and oxygen atoms in total. The fourth-order valence-electron chi connectivity index (χ4n) is 0.876. The summed E-state index contributed by atoms with van der Waals surface area (Å²) in [6.07, 6.45) is 1.43. The SMILES string of the molecule is CC(C)(C)[S+]([O-])N=Cc1cc(F)ccc1Br. The molecule has 1 atom stereocenters. The van der Waals surface area contributed by atoms with Crippen molar-refractivity contribution in [3.63, 3.8) is 0 Å². The molecule has 1 unspecified atom stereocenters. The van der Waals surface area contributed by atoms with Crippen LogP contribution in [-0.4, -0.2) is 15.5 Å². The molecule has 1 aromatic rings. The smallest absolute Gasteiger partial charge is 0.144 e. The minimum absolute atomic E-state index is 0.341. The number of hydrogen-bond donors (Lipinski definition) is 0. The molecule has 0 spiro atoms. The van der Waals surface area contributed by atoms with Gasteiger partial charge in [0.05, 0.1) is 6.21 Å². The van der Waals surface area contributed by atoms with Crippen molar-refractivity contribution in [2.75, 3.05) is 0 Å². The van der Waals surface area contributed by atoms with Crippen molar-refractivity contribution in [2.24, 2.45) is 4.40 Å². The predicted molar refractivity (Wildman–Crippen MR) is 69.6 cm³/mol. The predicted octanol–water partition coefficient (Wildman–Crippen LogP) is 3.47. The second kappa shape index (κ2) is 5.29. The van der Waals surface area contributed by atoms with Crippen molar-refractivity contribution in [1.82, 2.24) is 0 Å². The van der Waals surface area contributed by atoms with Crippen LogP contribution in [0.25, 0.3) is 0 Å². The lowest BCUT2D eigenvalue weighted by molar-refractivity contribution is 0.562. The number of halogens is 2. The summed E-state index contributed by atoms with van der Waals surface area (Å²) in [6, 6.07) is 4.28. The Hall–Kier alpha value is -0.390. The molecule has 0 fully saturated rings. The van der Waals surface area contributed by atoms with E-state index in [1.165, 1.54) is 18.3 Å². The highest BCUT2D eigenvalue weighted by Gasteiger charge is 2.25. The fourth-order valence-corrected chi connectivity index (χ4v) is 1.75. The highest BCUT2D eigenvalue weighted by molar-refractivity contribution is 9.10. The highest BCUT2D eigenvalue weighted by atomic mass is 79.9. The maximum atomic E-state index is 12.9. The van der Waals surface area contributed by atoms with Crippen LogP contribution in [0.15, 0.2) is 27.1 Å². The summed E-state index contributed by atoms with van der Waals surface area (Å²) in [4.78, 5) is 0. The molecule has 88 valence electrons. The van der Waals surface area contributed by atoms with Crippen LogP contribution >= 0.6 is 15.9 Å². The monoisotopic (exact) mass is 305 g/mol. The summed E-state index contributed by atoms with van der Waals surface area (Å²) in [5.41, 5.74) is 0.581. The number of hydrogen-bond acceptors (Lipinski definition) is 2. The zero-order chi connectivity index (χ0) is 12.3. The lowest BCUT2D eigenvalue weighted by atomic mass is 10.2. The lowest BCUT2D eigenvalue weighted by Crippen LogP contribution is -2.25. The number of nitrogens with zero attached hydrogens (tertiary/aromatic N) is 1. The lowest BCUT2D eigenvalue weighted by Gasteiger charge is -2.17. The van der Waals surface area contributed by atoms with Gasteiger partial charge in [0.1, 0.15) is 21.9 Å². The Bertz CT molecular complexity index is 403. The fraction of sp³-hybridized carbons (Fsp3) is 0.364. The third-order valence-corrected chi connectivity index (χ3v) is 3.84. The molecule has 0 heterocycles. The van der Waals surface area contributed by atoms with Gasteiger partial charge in [-0.3, -0.25) is 0 Å². The molecule has 0 saturated heterocycles. The van der Waals surface area contributed by atoms with Crippen LogP contribution in [0, 0.1) is 5.82 Å². The van der Waals surface area contributed by atoms with E-state index in [1.807, 2.05) is 20.8 Å². The van der Waals surface area contributed by atoms with E-state index in [9.17, 15) is 8.94 Å². The van der Waals surface area contributed by atoms with Crippen molar-refractivity contribution in [1.29, 1.82) is 0 Å². The first kappa shape index (κ1) is 13.7. The van der Waals surface area contributed by atoms with E-state index in [0.29, 0.717) is 5.56 Å². The van der Waals surface area contributed by atoms with Crippen molar-refractivity contribution in [3.05, 3.63) is 34.1 Å². The normalized spacial score (nSPS) is 14.4. The van der Waals surface area contributed by atoms with Crippen LogP contribution in [0.2, 0.25) is 0 Å². The van der Waals surface area contributed by atoms with Gasteiger partial charge >= 0.3 is 0 Å². The summed E-state index contributed by atoms with van der Waals surface area (Å²) >= 11 is 1.95. The third-order valence-electron chi connectivity index (χ3n) is 1.77. The highest BCUT2D eigenvalue weighted by Crippen LogP contribution is 2.19. The quantitative estimate of drug-likeness (QED) is 0.608. The topological polar surface area (TPSA) is 35.4 Å². The first-order valence-corrected chi connectivity index (χ1v) is 6.62. The molecule has 0 N–H and O–H groups in total. The van der Waals surface area contributed by atoms with Gasteiger partial charge in [0.15, 0.2) is 0 Å². The molecule has 0 aromatic heterocycles. The Morgan fingerprint density at radius 2 is 2.06 bits per heavy atom. The van der Waals surface area contributed by atoms with Gasteiger partial charge in [-0.1, -0.05) is 20.3 Å². The Balaban J connectivity index is 2.88. The van der Waals surface area contributed by atoms with E-state index < -0.39 is 16.1 Å². The minimum atomic E-state index is -1.33. The van der Waals surface area contributed by atoms with Crippen LogP contribution < -0.4 is 0 Å². The Labute approximate surface area is 106 Å². The molecule has 5 heteroatoms. The van der Waals surface area contributed by atoms with Crippen molar-refractivity contribution < 1.29 is 8.94 Å². The summed E-state index contributed by atoms with van der Waals surface area (Å²) in [5, 5.41) is 0. The molecular formula is C11H13BrFNOS. The molecule has 0 aliphatic heterocycles.